The lowest BCUT2D eigenvalue weighted by atomic mass is 10.5. The first-order chi connectivity index (χ1) is 7.89. The number of rotatable bonds is 6. The highest BCUT2D eigenvalue weighted by Gasteiger charge is 2.25. The van der Waals surface area contributed by atoms with Gasteiger partial charge in [-0.05, 0) is 12.5 Å². The van der Waals surface area contributed by atoms with Crippen LogP contribution < -0.4 is 0 Å². The molecule has 0 saturated carbocycles. The van der Waals surface area contributed by atoms with Crippen LogP contribution in [0.15, 0.2) is 11.0 Å². The molecule has 0 aromatic carbocycles. The van der Waals surface area contributed by atoms with E-state index in [2.05, 4.69) is 0 Å². The summed E-state index contributed by atoms with van der Waals surface area (Å²) in [6.45, 7) is 0.887. The van der Waals surface area contributed by atoms with Crippen molar-refractivity contribution in [3.8, 4) is 0 Å². The Morgan fingerprint density at radius 1 is 1.47 bits per heavy atom. The van der Waals surface area contributed by atoms with E-state index in [1.165, 1.54) is 17.4 Å². The molecule has 0 saturated heterocycles. The third-order valence-electron chi connectivity index (χ3n) is 2.14. The summed E-state index contributed by atoms with van der Waals surface area (Å²) < 4.78 is 30.9. The van der Waals surface area contributed by atoms with Gasteiger partial charge in [0.15, 0.2) is 0 Å². The molecule has 0 amide bonds. The summed E-state index contributed by atoms with van der Waals surface area (Å²) in [4.78, 5) is 0.0640. The van der Waals surface area contributed by atoms with Crippen LogP contribution in [0.1, 0.15) is 6.42 Å². The molecule has 0 bridgehead atoms. The van der Waals surface area contributed by atoms with E-state index in [4.69, 9.17) is 27.9 Å². The molecule has 17 heavy (non-hydrogen) atoms. The fourth-order valence-corrected chi connectivity index (χ4v) is 4.54. The van der Waals surface area contributed by atoms with Crippen molar-refractivity contribution >= 4 is 44.6 Å². The molecule has 0 spiro atoms. The number of sulfonamides is 1. The summed E-state index contributed by atoms with van der Waals surface area (Å²) in [5.41, 5.74) is 0. The molecule has 0 aliphatic heterocycles. The second-order valence-electron chi connectivity index (χ2n) is 3.36. The summed E-state index contributed by atoms with van der Waals surface area (Å²) in [6, 6.07) is 1.37. The highest BCUT2D eigenvalue weighted by atomic mass is 35.5. The molecule has 98 valence electrons. The van der Waals surface area contributed by atoms with Crippen LogP contribution in [0, 0.1) is 0 Å². The Bertz CT molecular complexity index is 473. The molecular formula is C9H13Cl2NO3S2. The molecule has 0 N–H and O–H groups in total. The van der Waals surface area contributed by atoms with Crippen molar-refractivity contribution in [3.05, 3.63) is 14.7 Å². The maximum absolute atomic E-state index is 12.1. The van der Waals surface area contributed by atoms with Crippen molar-refractivity contribution in [2.24, 2.45) is 0 Å². The lowest BCUT2D eigenvalue weighted by Crippen LogP contribution is -2.28. The van der Waals surface area contributed by atoms with Crippen LogP contribution in [0.2, 0.25) is 8.67 Å². The minimum atomic E-state index is -3.56. The number of methoxy groups -OCH3 is 1. The van der Waals surface area contributed by atoms with Gasteiger partial charge in [-0.1, -0.05) is 23.2 Å². The van der Waals surface area contributed by atoms with Crippen molar-refractivity contribution in [2.45, 2.75) is 11.3 Å². The van der Waals surface area contributed by atoms with Crippen LogP contribution in [-0.2, 0) is 14.8 Å². The van der Waals surface area contributed by atoms with E-state index in [0.29, 0.717) is 23.9 Å². The zero-order chi connectivity index (χ0) is 13.1. The average Bonchev–Trinajstić information content (AvgIpc) is 2.58. The molecule has 0 unspecified atom stereocenters. The number of nitrogens with zero attached hydrogens (tertiary/aromatic N) is 1. The van der Waals surface area contributed by atoms with Crippen LogP contribution >= 0.6 is 34.5 Å². The third kappa shape index (κ3) is 3.81. The van der Waals surface area contributed by atoms with Crippen LogP contribution in [-0.4, -0.2) is 40.0 Å². The molecule has 0 atom stereocenters. The second-order valence-corrected chi connectivity index (χ2v) is 7.66. The fraction of sp³-hybridized carbons (Fsp3) is 0.556. The molecule has 1 rings (SSSR count). The van der Waals surface area contributed by atoms with Crippen LogP contribution in [0.4, 0.5) is 0 Å². The Balaban J connectivity index is 2.84. The molecule has 8 heteroatoms. The van der Waals surface area contributed by atoms with Gasteiger partial charge in [0.1, 0.15) is 9.23 Å². The van der Waals surface area contributed by atoms with E-state index in [9.17, 15) is 8.42 Å². The molecule has 0 radical (unpaired) electrons. The van der Waals surface area contributed by atoms with Gasteiger partial charge in [-0.15, -0.1) is 11.3 Å². The summed E-state index contributed by atoms with van der Waals surface area (Å²) >= 11 is 12.6. The van der Waals surface area contributed by atoms with E-state index in [0.717, 1.165) is 11.3 Å². The van der Waals surface area contributed by atoms with Gasteiger partial charge in [-0.25, -0.2) is 12.7 Å². The van der Waals surface area contributed by atoms with Crippen LogP contribution in [0.25, 0.3) is 0 Å². The molecule has 0 aliphatic rings. The molecule has 0 aliphatic carbocycles. The monoisotopic (exact) mass is 317 g/mol. The lowest BCUT2D eigenvalue weighted by molar-refractivity contribution is 0.189. The van der Waals surface area contributed by atoms with Crippen molar-refractivity contribution in [3.63, 3.8) is 0 Å². The normalized spacial score (nSPS) is 12.3. The first-order valence-corrected chi connectivity index (χ1v) is 7.81. The third-order valence-corrected chi connectivity index (χ3v) is 5.74. The van der Waals surface area contributed by atoms with E-state index in [-0.39, 0.29) is 9.23 Å². The standard InChI is InChI=1S/C9H13Cl2NO3S2/c1-12(4-3-5-15-2)17(13,14)7-6-8(10)16-9(7)11/h6H,3-5H2,1-2H3. The van der Waals surface area contributed by atoms with E-state index in [1.807, 2.05) is 0 Å². The van der Waals surface area contributed by atoms with Gasteiger partial charge >= 0.3 is 0 Å². The zero-order valence-electron chi connectivity index (χ0n) is 9.44. The Hall–Kier alpha value is 0.150. The van der Waals surface area contributed by atoms with Gasteiger partial charge < -0.3 is 4.74 Å². The number of hydrogen-bond donors (Lipinski definition) is 0. The second kappa shape index (κ2) is 6.36. The number of ether oxygens (including phenoxy) is 1. The van der Waals surface area contributed by atoms with E-state index in [1.54, 1.807) is 7.11 Å². The minimum Gasteiger partial charge on any atom is -0.385 e. The minimum absolute atomic E-state index is 0.0640. The van der Waals surface area contributed by atoms with Gasteiger partial charge in [0.05, 0.1) is 4.34 Å². The average molecular weight is 318 g/mol. The van der Waals surface area contributed by atoms with Crippen molar-refractivity contribution in [2.75, 3.05) is 27.3 Å². The number of thiophene rings is 1. The first kappa shape index (κ1) is 15.2. The number of hydrogen-bond acceptors (Lipinski definition) is 4. The van der Waals surface area contributed by atoms with Crippen molar-refractivity contribution in [1.82, 2.24) is 4.31 Å². The summed E-state index contributed by atoms with van der Waals surface area (Å²) in [7, 11) is -0.477. The molecule has 1 heterocycles. The van der Waals surface area contributed by atoms with E-state index < -0.39 is 10.0 Å². The van der Waals surface area contributed by atoms with Gasteiger partial charge in [-0.3, -0.25) is 0 Å². The summed E-state index contributed by atoms with van der Waals surface area (Å²) in [5, 5.41) is 0. The van der Waals surface area contributed by atoms with Gasteiger partial charge in [0.2, 0.25) is 10.0 Å². The predicted molar refractivity (Wildman–Crippen MR) is 70.6 cm³/mol. The van der Waals surface area contributed by atoms with Gasteiger partial charge in [0.25, 0.3) is 0 Å². The van der Waals surface area contributed by atoms with Gasteiger partial charge in [-0.2, -0.15) is 0 Å². The fourth-order valence-electron chi connectivity index (χ4n) is 1.22. The molecule has 1 aromatic rings. The highest BCUT2D eigenvalue weighted by molar-refractivity contribution is 7.89. The topological polar surface area (TPSA) is 46.6 Å². The largest absolute Gasteiger partial charge is 0.385 e. The van der Waals surface area contributed by atoms with Crippen LogP contribution in [0.5, 0.6) is 0 Å². The Labute approximate surface area is 115 Å². The van der Waals surface area contributed by atoms with Crippen molar-refractivity contribution < 1.29 is 13.2 Å². The van der Waals surface area contributed by atoms with Crippen molar-refractivity contribution in [1.29, 1.82) is 0 Å². The summed E-state index contributed by atoms with van der Waals surface area (Å²) in [5.74, 6) is 0. The Morgan fingerprint density at radius 2 is 2.12 bits per heavy atom. The predicted octanol–water partition coefficient (Wildman–Crippen LogP) is 2.71. The SMILES string of the molecule is COCCCN(C)S(=O)(=O)c1cc(Cl)sc1Cl. The number of halogens is 2. The quantitative estimate of drug-likeness (QED) is 0.758. The molecule has 0 fully saturated rings. The molecule has 1 aromatic heterocycles. The molecule has 4 nitrogen and oxygen atoms in total. The maximum atomic E-state index is 12.1. The van der Waals surface area contributed by atoms with E-state index >= 15 is 0 Å². The zero-order valence-corrected chi connectivity index (χ0v) is 12.6. The Morgan fingerprint density at radius 3 is 2.59 bits per heavy atom. The lowest BCUT2D eigenvalue weighted by Gasteiger charge is -2.16. The maximum Gasteiger partial charge on any atom is 0.245 e. The highest BCUT2D eigenvalue weighted by Crippen LogP contribution is 2.35. The van der Waals surface area contributed by atoms with Crippen LogP contribution in [0.3, 0.4) is 0 Å². The molecular weight excluding hydrogens is 305 g/mol. The summed E-state index contributed by atoms with van der Waals surface area (Å²) in [6.07, 6.45) is 0.627. The first-order valence-electron chi connectivity index (χ1n) is 4.79. The Kier molecular flexibility index (Phi) is 5.69. The smallest absolute Gasteiger partial charge is 0.245 e. The van der Waals surface area contributed by atoms with Gasteiger partial charge in [0, 0.05) is 27.3 Å².